The van der Waals surface area contributed by atoms with Gasteiger partial charge in [-0.05, 0) is 30.7 Å². The summed E-state index contributed by atoms with van der Waals surface area (Å²) < 4.78 is 5.88. The second kappa shape index (κ2) is 5.47. The van der Waals surface area contributed by atoms with Crippen molar-refractivity contribution in [3.05, 3.63) is 59.9 Å². The third kappa shape index (κ3) is 2.58. The molecule has 0 fully saturated rings. The number of alkyl halides is 1. The molecule has 0 spiro atoms. The molecule has 0 aliphatic carbocycles. The molecule has 0 bridgehead atoms. The summed E-state index contributed by atoms with van der Waals surface area (Å²) in [5.74, 6) is 1.67. The number of para-hydroxylation sites is 1. The van der Waals surface area contributed by atoms with Gasteiger partial charge >= 0.3 is 0 Å². The van der Waals surface area contributed by atoms with Crippen LogP contribution in [-0.2, 0) is 5.88 Å². The molecule has 0 saturated carbocycles. The van der Waals surface area contributed by atoms with Crippen LogP contribution in [0.25, 0.3) is 10.9 Å². The molecule has 4 heteroatoms. The molecule has 3 rings (SSSR count). The summed E-state index contributed by atoms with van der Waals surface area (Å²) in [6, 6.07) is 13.5. The van der Waals surface area contributed by atoms with Crippen LogP contribution in [0.3, 0.4) is 0 Å². The second-order valence-corrected chi connectivity index (χ2v) is 4.79. The fourth-order valence-corrected chi connectivity index (χ4v) is 2.26. The Morgan fingerprint density at radius 2 is 2.00 bits per heavy atom. The van der Waals surface area contributed by atoms with Gasteiger partial charge in [0, 0.05) is 29.2 Å². The van der Waals surface area contributed by atoms with Gasteiger partial charge in [-0.3, -0.25) is 4.98 Å². The predicted molar refractivity (Wildman–Crippen MR) is 80.3 cm³/mol. The van der Waals surface area contributed by atoms with Crippen LogP contribution in [0.4, 0.5) is 0 Å². The molecule has 2 aromatic heterocycles. The van der Waals surface area contributed by atoms with Gasteiger partial charge in [0.15, 0.2) is 5.75 Å². The number of hydrogen-bond acceptors (Lipinski definition) is 3. The van der Waals surface area contributed by atoms with Crippen molar-refractivity contribution in [3.63, 3.8) is 0 Å². The number of halogens is 1. The first-order chi connectivity index (χ1) is 9.76. The lowest BCUT2D eigenvalue weighted by molar-refractivity contribution is 0.465. The molecule has 0 atom stereocenters. The van der Waals surface area contributed by atoms with Gasteiger partial charge in [0.05, 0.1) is 0 Å². The Hall–Kier alpha value is -2.13. The van der Waals surface area contributed by atoms with E-state index in [0.717, 1.165) is 22.2 Å². The molecule has 0 radical (unpaired) electrons. The third-order valence-corrected chi connectivity index (χ3v) is 3.26. The van der Waals surface area contributed by atoms with Crippen LogP contribution in [0.1, 0.15) is 11.3 Å². The van der Waals surface area contributed by atoms with Crippen molar-refractivity contribution in [1.29, 1.82) is 0 Å². The summed E-state index contributed by atoms with van der Waals surface area (Å²) in [6.07, 6.45) is 1.75. The number of fused-ring (bicyclic) bond motifs is 1. The highest BCUT2D eigenvalue weighted by molar-refractivity contribution is 6.17. The molecule has 3 nitrogen and oxygen atoms in total. The first-order valence-electron chi connectivity index (χ1n) is 6.31. The van der Waals surface area contributed by atoms with Crippen LogP contribution < -0.4 is 4.74 Å². The highest BCUT2D eigenvalue weighted by atomic mass is 35.5. The zero-order chi connectivity index (χ0) is 13.9. The van der Waals surface area contributed by atoms with Crippen molar-refractivity contribution in [2.24, 2.45) is 0 Å². The lowest BCUT2D eigenvalue weighted by atomic mass is 10.2. The van der Waals surface area contributed by atoms with E-state index >= 15 is 0 Å². The lowest BCUT2D eigenvalue weighted by Crippen LogP contribution is -1.93. The Balaban J connectivity index is 2.03. The molecule has 0 amide bonds. The number of aryl methyl sites for hydroxylation is 1. The molecule has 2 heterocycles. The van der Waals surface area contributed by atoms with Gasteiger partial charge in [-0.2, -0.15) is 0 Å². The molecule has 20 heavy (non-hydrogen) atoms. The minimum Gasteiger partial charge on any atom is -0.437 e. The number of pyridine rings is 2. The fourth-order valence-electron chi connectivity index (χ4n) is 2.11. The average molecular weight is 285 g/mol. The molecule has 0 unspecified atom stereocenters. The molecule has 1 aromatic carbocycles. The Bertz CT molecular complexity index is 753. The lowest BCUT2D eigenvalue weighted by Gasteiger charge is -2.09. The Morgan fingerprint density at radius 3 is 2.85 bits per heavy atom. The normalized spacial score (nSPS) is 10.7. The maximum Gasteiger partial charge on any atom is 0.219 e. The monoisotopic (exact) mass is 284 g/mol. The maximum atomic E-state index is 5.88. The number of ether oxygens (including phenoxy) is 1. The van der Waals surface area contributed by atoms with E-state index in [1.165, 1.54) is 0 Å². The molecule has 0 aliphatic rings. The van der Waals surface area contributed by atoms with E-state index in [9.17, 15) is 0 Å². The smallest absolute Gasteiger partial charge is 0.219 e. The minimum absolute atomic E-state index is 0.438. The van der Waals surface area contributed by atoms with Crippen molar-refractivity contribution in [1.82, 2.24) is 9.97 Å². The standard InChI is InChI=1S/C16H13ClN2O/c1-11-8-12(10-17)9-15(19-11)20-14-6-2-4-13-5-3-7-18-16(13)14/h2-9H,10H2,1H3. The van der Waals surface area contributed by atoms with Gasteiger partial charge in [-0.25, -0.2) is 4.98 Å². The number of nitrogens with zero attached hydrogens (tertiary/aromatic N) is 2. The first-order valence-corrected chi connectivity index (χ1v) is 6.85. The Morgan fingerprint density at radius 1 is 1.15 bits per heavy atom. The van der Waals surface area contributed by atoms with E-state index in [0.29, 0.717) is 17.5 Å². The highest BCUT2D eigenvalue weighted by Crippen LogP contribution is 2.28. The van der Waals surface area contributed by atoms with E-state index < -0.39 is 0 Å². The minimum atomic E-state index is 0.438. The summed E-state index contributed by atoms with van der Waals surface area (Å²) in [5.41, 5.74) is 2.69. The summed E-state index contributed by atoms with van der Waals surface area (Å²) in [4.78, 5) is 8.74. The maximum absolute atomic E-state index is 5.88. The van der Waals surface area contributed by atoms with Crippen LogP contribution in [-0.4, -0.2) is 9.97 Å². The molecule has 100 valence electrons. The summed E-state index contributed by atoms with van der Waals surface area (Å²) in [7, 11) is 0. The van der Waals surface area contributed by atoms with Crippen molar-refractivity contribution < 1.29 is 4.74 Å². The van der Waals surface area contributed by atoms with Crippen LogP contribution in [0.5, 0.6) is 11.6 Å². The number of rotatable bonds is 3. The van der Waals surface area contributed by atoms with Crippen molar-refractivity contribution in [2.45, 2.75) is 12.8 Å². The Kier molecular flexibility index (Phi) is 3.52. The predicted octanol–water partition coefficient (Wildman–Crippen LogP) is 4.47. The van der Waals surface area contributed by atoms with Crippen LogP contribution >= 0.6 is 11.6 Å². The zero-order valence-corrected chi connectivity index (χ0v) is 11.8. The van der Waals surface area contributed by atoms with Crippen molar-refractivity contribution in [3.8, 4) is 11.6 Å². The zero-order valence-electron chi connectivity index (χ0n) is 11.0. The van der Waals surface area contributed by atoms with E-state index in [-0.39, 0.29) is 0 Å². The molecule has 0 N–H and O–H groups in total. The summed E-state index contributed by atoms with van der Waals surface area (Å²) in [6.45, 7) is 1.92. The van der Waals surface area contributed by atoms with Crippen LogP contribution in [0, 0.1) is 6.92 Å². The van der Waals surface area contributed by atoms with Gasteiger partial charge in [-0.15, -0.1) is 11.6 Å². The number of benzene rings is 1. The van der Waals surface area contributed by atoms with Crippen LogP contribution in [0.2, 0.25) is 0 Å². The number of aromatic nitrogens is 2. The van der Waals surface area contributed by atoms with Crippen LogP contribution in [0.15, 0.2) is 48.7 Å². The van der Waals surface area contributed by atoms with E-state index in [1.807, 2.05) is 49.4 Å². The fraction of sp³-hybridized carbons (Fsp3) is 0.125. The van der Waals surface area contributed by atoms with Crippen molar-refractivity contribution >= 4 is 22.5 Å². The average Bonchev–Trinajstić information content (AvgIpc) is 2.47. The van der Waals surface area contributed by atoms with Gasteiger partial charge < -0.3 is 4.74 Å². The summed E-state index contributed by atoms with van der Waals surface area (Å²) in [5, 5.41) is 1.04. The Labute approximate surface area is 122 Å². The SMILES string of the molecule is Cc1cc(CCl)cc(Oc2cccc3cccnc23)n1. The molecule has 3 aromatic rings. The van der Waals surface area contributed by atoms with E-state index in [4.69, 9.17) is 16.3 Å². The van der Waals surface area contributed by atoms with Gasteiger partial charge in [0.25, 0.3) is 0 Å². The second-order valence-electron chi connectivity index (χ2n) is 4.52. The van der Waals surface area contributed by atoms with Gasteiger partial charge in [-0.1, -0.05) is 18.2 Å². The largest absolute Gasteiger partial charge is 0.437 e. The molecular weight excluding hydrogens is 272 g/mol. The molecular formula is C16H13ClN2O. The first kappa shape index (κ1) is 12.9. The third-order valence-electron chi connectivity index (χ3n) is 2.95. The highest BCUT2D eigenvalue weighted by Gasteiger charge is 2.06. The quantitative estimate of drug-likeness (QED) is 0.666. The van der Waals surface area contributed by atoms with Gasteiger partial charge in [0.2, 0.25) is 5.88 Å². The van der Waals surface area contributed by atoms with E-state index in [1.54, 1.807) is 6.20 Å². The molecule has 0 saturated heterocycles. The summed E-state index contributed by atoms with van der Waals surface area (Å²) >= 11 is 5.87. The van der Waals surface area contributed by atoms with Crippen molar-refractivity contribution in [2.75, 3.05) is 0 Å². The van der Waals surface area contributed by atoms with Gasteiger partial charge in [0.1, 0.15) is 5.52 Å². The number of hydrogen-bond donors (Lipinski definition) is 0. The topological polar surface area (TPSA) is 35.0 Å². The molecule has 0 aliphatic heterocycles. The van der Waals surface area contributed by atoms with E-state index in [2.05, 4.69) is 9.97 Å².